The van der Waals surface area contributed by atoms with Crippen LogP contribution >= 0.6 is 11.8 Å². The lowest BCUT2D eigenvalue weighted by molar-refractivity contribution is -0.0134. The Morgan fingerprint density at radius 1 is 1.38 bits per heavy atom. The van der Waals surface area contributed by atoms with Gasteiger partial charge in [-0.2, -0.15) is 5.10 Å². The lowest BCUT2D eigenvalue weighted by Crippen LogP contribution is -2.58. The molecule has 1 aromatic heterocycles. The van der Waals surface area contributed by atoms with Gasteiger partial charge < -0.3 is 9.47 Å². The van der Waals surface area contributed by atoms with Crippen LogP contribution in [0.5, 0.6) is 0 Å². The third kappa shape index (κ3) is 3.66. The Kier molecular flexibility index (Phi) is 4.91. The van der Waals surface area contributed by atoms with Gasteiger partial charge in [0.25, 0.3) is 0 Å². The zero-order valence-electron chi connectivity index (χ0n) is 14.9. The summed E-state index contributed by atoms with van der Waals surface area (Å²) in [4.78, 5) is 2.55. The maximum absolute atomic E-state index is 6.24. The summed E-state index contributed by atoms with van der Waals surface area (Å²) in [7, 11) is 2.04. The summed E-state index contributed by atoms with van der Waals surface area (Å²) < 4.78 is 14.1. The van der Waals surface area contributed by atoms with Gasteiger partial charge in [-0.05, 0) is 38.2 Å². The molecule has 3 aliphatic rings. The maximum atomic E-state index is 6.24. The molecule has 0 amide bonds. The highest BCUT2D eigenvalue weighted by Crippen LogP contribution is 2.46. The van der Waals surface area contributed by atoms with Crippen LogP contribution in [0, 0.1) is 12.8 Å². The van der Waals surface area contributed by atoms with Crippen LogP contribution in [0.1, 0.15) is 30.7 Å². The second-order valence-corrected chi connectivity index (χ2v) is 9.24. The van der Waals surface area contributed by atoms with Crippen molar-refractivity contribution < 1.29 is 9.47 Å². The topological polar surface area (TPSA) is 39.5 Å². The van der Waals surface area contributed by atoms with E-state index in [0.29, 0.717) is 16.8 Å². The number of hydrogen-bond acceptors (Lipinski definition) is 5. The van der Waals surface area contributed by atoms with Crippen molar-refractivity contribution in [3.8, 4) is 0 Å². The number of likely N-dealkylation sites (tertiary alicyclic amines) is 1. The largest absolute Gasteiger partial charge is 0.381 e. The fourth-order valence-electron chi connectivity index (χ4n) is 4.24. The van der Waals surface area contributed by atoms with Crippen LogP contribution in [-0.2, 0) is 23.1 Å². The maximum Gasteiger partial charge on any atom is 0.0680 e. The highest BCUT2D eigenvalue weighted by molar-refractivity contribution is 8.01. The summed E-state index contributed by atoms with van der Waals surface area (Å²) in [5.41, 5.74) is 2.43. The summed E-state index contributed by atoms with van der Waals surface area (Å²) in [5, 5.41) is 4.45. The number of aryl methyl sites for hydroxylation is 2. The fourth-order valence-corrected chi connectivity index (χ4v) is 5.84. The minimum absolute atomic E-state index is 0.452. The Balaban J connectivity index is 1.21. The first-order valence-corrected chi connectivity index (χ1v) is 10.2. The van der Waals surface area contributed by atoms with Gasteiger partial charge in [-0.3, -0.25) is 9.58 Å². The van der Waals surface area contributed by atoms with Crippen molar-refractivity contribution in [3.63, 3.8) is 0 Å². The quantitative estimate of drug-likeness (QED) is 0.813. The van der Waals surface area contributed by atoms with E-state index in [1.807, 2.05) is 11.7 Å². The molecule has 4 rings (SSSR count). The lowest BCUT2D eigenvalue weighted by Gasteiger charge is -2.47. The molecule has 5 nitrogen and oxygen atoms in total. The van der Waals surface area contributed by atoms with E-state index in [0.717, 1.165) is 32.1 Å². The van der Waals surface area contributed by atoms with Crippen molar-refractivity contribution in [3.05, 3.63) is 17.5 Å². The molecule has 3 saturated heterocycles. The fraction of sp³-hybridized carbons (Fsp3) is 0.833. The van der Waals surface area contributed by atoms with Crippen molar-refractivity contribution in [2.24, 2.45) is 13.0 Å². The molecule has 134 valence electrons. The highest BCUT2D eigenvalue weighted by Gasteiger charge is 2.49. The Hall–Kier alpha value is -0.560. The highest BCUT2D eigenvalue weighted by atomic mass is 32.2. The number of thioether (sulfide) groups is 1. The van der Waals surface area contributed by atoms with Crippen LogP contribution in [0.3, 0.4) is 0 Å². The Morgan fingerprint density at radius 2 is 2.17 bits per heavy atom. The molecule has 24 heavy (non-hydrogen) atoms. The van der Waals surface area contributed by atoms with E-state index in [1.165, 1.54) is 43.8 Å². The minimum atomic E-state index is 0.452. The van der Waals surface area contributed by atoms with E-state index in [1.54, 1.807) is 0 Å². The van der Waals surface area contributed by atoms with Crippen LogP contribution in [0.4, 0.5) is 0 Å². The Morgan fingerprint density at radius 3 is 2.88 bits per heavy atom. The van der Waals surface area contributed by atoms with Gasteiger partial charge in [0.05, 0.1) is 17.5 Å². The SMILES string of the molecule is Cc1cc(CN2CC3(C[C@@H](OCC4CCOCC4)CS3)C2)n(C)n1. The number of aromatic nitrogens is 2. The Labute approximate surface area is 149 Å². The van der Waals surface area contributed by atoms with Gasteiger partial charge in [0.2, 0.25) is 0 Å². The van der Waals surface area contributed by atoms with Gasteiger partial charge in [0.1, 0.15) is 0 Å². The van der Waals surface area contributed by atoms with Crippen molar-refractivity contribution >= 4 is 11.8 Å². The first-order chi connectivity index (χ1) is 11.6. The second-order valence-electron chi connectivity index (χ2n) is 7.76. The molecule has 6 heteroatoms. The molecule has 0 saturated carbocycles. The van der Waals surface area contributed by atoms with Crippen molar-refractivity contribution in [2.45, 2.75) is 43.6 Å². The molecular formula is C18H29N3O2S. The third-order valence-electron chi connectivity index (χ3n) is 5.59. The first kappa shape index (κ1) is 16.9. The molecule has 0 aliphatic carbocycles. The molecule has 0 aromatic carbocycles. The normalized spacial score (nSPS) is 27.7. The summed E-state index contributed by atoms with van der Waals surface area (Å²) in [6.07, 6.45) is 4.02. The summed E-state index contributed by atoms with van der Waals surface area (Å²) >= 11 is 2.14. The number of nitrogens with zero attached hydrogens (tertiary/aromatic N) is 3. The molecule has 0 unspecified atom stereocenters. The molecule has 1 aromatic rings. The predicted octanol–water partition coefficient (Wildman–Crippen LogP) is 2.23. The van der Waals surface area contributed by atoms with Crippen LogP contribution in [-0.4, -0.2) is 64.2 Å². The Bertz CT molecular complexity index is 565. The van der Waals surface area contributed by atoms with Crippen molar-refractivity contribution in [2.75, 3.05) is 38.7 Å². The van der Waals surface area contributed by atoms with Crippen molar-refractivity contribution in [1.82, 2.24) is 14.7 Å². The predicted molar refractivity (Wildman–Crippen MR) is 96.3 cm³/mol. The molecule has 0 N–H and O–H groups in total. The molecule has 1 spiro atoms. The van der Waals surface area contributed by atoms with Gasteiger partial charge in [-0.1, -0.05) is 0 Å². The van der Waals surface area contributed by atoms with Crippen LogP contribution in [0.2, 0.25) is 0 Å². The zero-order chi connectivity index (χ0) is 16.6. The van der Waals surface area contributed by atoms with E-state index in [4.69, 9.17) is 9.47 Å². The van der Waals surface area contributed by atoms with E-state index in [2.05, 4.69) is 34.8 Å². The molecule has 4 heterocycles. The van der Waals surface area contributed by atoms with Crippen LogP contribution in [0.25, 0.3) is 0 Å². The monoisotopic (exact) mass is 351 g/mol. The van der Waals surface area contributed by atoms with Gasteiger partial charge in [-0.15, -0.1) is 11.8 Å². The molecular weight excluding hydrogens is 322 g/mol. The lowest BCUT2D eigenvalue weighted by atomic mass is 9.92. The number of ether oxygens (including phenoxy) is 2. The minimum Gasteiger partial charge on any atom is -0.381 e. The average molecular weight is 352 g/mol. The van der Waals surface area contributed by atoms with Gasteiger partial charge in [-0.25, -0.2) is 0 Å². The van der Waals surface area contributed by atoms with Gasteiger partial charge in [0.15, 0.2) is 0 Å². The van der Waals surface area contributed by atoms with Crippen LogP contribution in [0.15, 0.2) is 6.07 Å². The second kappa shape index (κ2) is 6.98. The van der Waals surface area contributed by atoms with Crippen molar-refractivity contribution in [1.29, 1.82) is 0 Å². The molecule has 3 fully saturated rings. The zero-order valence-corrected chi connectivity index (χ0v) is 15.7. The van der Waals surface area contributed by atoms with Gasteiger partial charge in [0, 0.05) is 57.0 Å². The molecule has 0 bridgehead atoms. The van der Waals surface area contributed by atoms with E-state index < -0.39 is 0 Å². The summed E-state index contributed by atoms with van der Waals surface area (Å²) in [5.74, 6) is 1.88. The molecule has 1 atom stereocenters. The number of rotatable bonds is 5. The average Bonchev–Trinajstić information content (AvgIpc) is 3.10. The molecule has 3 aliphatic heterocycles. The third-order valence-corrected chi connectivity index (χ3v) is 7.17. The van der Waals surface area contributed by atoms with E-state index >= 15 is 0 Å². The number of hydrogen-bond donors (Lipinski definition) is 0. The van der Waals surface area contributed by atoms with Gasteiger partial charge >= 0.3 is 0 Å². The van der Waals surface area contributed by atoms with E-state index in [-0.39, 0.29) is 0 Å². The smallest absolute Gasteiger partial charge is 0.0680 e. The molecule has 0 radical (unpaired) electrons. The first-order valence-electron chi connectivity index (χ1n) is 9.17. The summed E-state index contributed by atoms with van der Waals surface area (Å²) in [6.45, 7) is 8.24. The standard InChI is InChI=1S/C18H29N3O2S/c1-14-7-16(20(2)19-14)9-21-12-18(13-21)8-17(11-24-18)23-10-15-3-5-22-6-4-15/h7,15,17H,3-6,8-13H2,1-2H3/t17-/m1/s1. The van der Waals surface area contributed by atoms with Crippen LogP contribution < -0.4 is 0 Å². The summed E-state index contributed by atoms with van der Waals surface area (Å²) in [6, 6.07) is 2.20. The van der Waals surface area contributed by atoms with E-state index in [9.17, 15) is 0 Å².